The molecule has 13 heavy (non-hydrogen) atoms. The minimum atomic E-state index is -1.03. The molecule has 0 aliphatic rings. The van der Waals surface area contributed by atoms with Crippen LogP contribution in [-0.2, 0) is 4.79 Å². The first-order valence-corrected chi connectivity index (χ1v) is 4.60. The second-order valence-electron chi connectivity index (χ2n) is 3.93. The number of carbonyl (C=O) groups excluding carboxylic acids is 1. The molecule has 4 nitrogen and oxygen atoms in total. The van der Waals surface area contributed by atoms with Crippen LogP contribution in [0.2, 0.25) is 0 Å². The van der Waals surface area contributed by atoms with Crippen LogP contribution in [0.1, 0.15) is 20.8 Å². The fraction of sp³-hybridized carbons (Fsp3) is 0.889. The normalized spacial score (nSPS) is 14.2. The zero-order chi connectivity index (χ0) is 10.5. The molecule has 0 amide bonds. The van der Waals surface area contributed by atoms with Gasteiger partial charge in [0.1, 0.15) is 6.54 Å². The highest BCUT2D eigenvalue weighted by Gasteiger charge is 2.25. The number of rotatable bonds is 6. The topological polar surface area (TPSA) is 64.8 Å². The summed E-state index contributed by atoms with van der Waals surface area (Å²) < 4.78 is 0. The van der Waals surface area contributed by atoms with Crippen molar-refractivity contribution in [3.63, 3.8) is 0 Å². The van der Waals surface area contributed by atoms with Crippen molar-refractivity contribution >= 4 is 5.97 Å². The molecule has 2 N–H and O–H groups in total. The van der Waals surface area contributed by atoms with Gasteiger partial charge in [-0.25, -0.2) is 0 Å². The van der Waals surface area contributed by atoms with E-state index in [0.717, 1.165) is 11.4 Å². The minimum Gasteiger partial charge on any atom is -0.549 e. The van der Waals surface area contributed by atoms with E-state index in [9.17, 15) is 9.90 Å². The van der Waals surface area contributed by atoms with E-state index in [-0.39, 0.29) is 6.61 Å². The Labute approximate surface area is 79.2 Å². The summed E-state index contributed by atoms with van der Waals surface area (Å²) in [5.41, 5.74) is -0.819. The van der Waals surface area contributed by atoms with Gasteiger partial charge in [0.15, 0.2) is 0 Å². The number of aliphatic carboxylic acids is 1. The molecule has 0 heterocycles. The fourth-order valence-corrected chi connectivity index (χ4v) is 1.25. The summed E-state index contributed by atoms with van der Waals surface area (Å²) >= 11 is 0. The lowest BCUT2D eigenvalue weighted by molar-refractivity contribution is -0.904. The summed E-state index contributed by atoms with van der Waals surface area (Å²) in [5.74, 6) is -1.03. The van der Waals surface area contributed by atoms with Crippen molar-refractivity contribution in [3.05, 3.63) is 0 Å². The van der Waals surface area contributed by atoms with E-state index in [1.54, 1.807) is 13.8 Å². The summed E-state index contributed by atoms with van der Waals surface area (Å²) in [7, 11) is 0. The third-order valence-electron chi connectivity index (χ3n) is 2.21. The van der Waals surface area contributed by atoms with Crippen molar-refractivity contribution in [1.29, 1.82) is 0 Å². The van der Waals surface area contributed by atoms with E-state index < -0.39 is 11.4 Å². The first kappa shape index (κ1) is 12.4. The van der Waals surface area contributed by atoms with Crippen LogP contribution >= 0.6 is 0 Å². The number of quaternary nitrogens is 1. The highest BCUT2D eigenvalue weighted by molar-refractivity contribution is 5.71. The molecule has 0 radical (unpaired) electrons. The molecular formula is C9H19NO3. The van der Waals surface area contributed by atoms with Crippen LogP contribution < -0.4 is 10.0 Å². The van der Waals surface area contributed by atoms with Gasteiger partial charge in [0.2, 0.25) is 0 Å². The maximum Gasteiger partial charge on any atom is 0.101 e. The van der Waals surface area contributed by atoms with Gasteiger partial charge in [-0.3, -0.25) is 0 Å². The van der Waals surface area contributed by atoms with Gasteiger partial charge in [-0.15, -0.1) is 0 Å². The van der Waals surface area contributed by atoms with Crippen molar-refractivity contribution < 1.29 is 19.9 Å². The third-order valence-corrected chi connectivity index (χ3v) is 2.21. The van der Waals surface area contributed by atoms with Gasteiger partial charge in [0, 0.05) is 0 Å². The molecule has 1 unspecified atom stereocenters. The second kappa shape index (κ2) is 5.19. The van der Waals surface area contributed by atoms with Crippen LogP contribution in [0.5, 0.6) is 0 Å². The zero-order valence-corrected chi connectivity index (χ0v) is 8.59. The summed E-state index contributed by atoms with van der Waals surface area (Å²) in [6, 6.07) is 0. The molecule has 0 fully saturated rings. The number of aliphatic hydroxyl groups excluding tert-OH is 1. The highest BCUT2D eigenvalue weighted by Crippen LogP contribution is 2.09. The highest BCUT2D eigenvalue weighted by atomic mass is 16.4. The Morgan fingerprint density at radius 2 is 2.08 bits per heavy atom. The summed E-state index contributed by atoms with van der Waals surface area (Å²) in [6.45, 7) is 7.25. The molecule has 0 aromatic carbocycles. The predicted molar refractivity (Wildman–Crippen MR) is 47.1 cm³/mol. The Hall–Kier alpha value is -0.610. The third kappa shape index (κ3) is 4.24. The van der Waals surface area contributed by atoms with Gasteiger partial charge in [-0.05, 0) is 20.8 Å². The molecule has 0 aromatic heterocycles. The van der Waals surface area contributed by atoms with Crippen LogP contribution in [0.15, 0.2) is 0 Å². The van der Waals surface area contributed by atoms with Gasteiger partial charge >= 0.3 is 0 Å². The van der Waals surface area contributed by atoms with E-state index in [0.29, 0.717) is 13.1 Å². The van der Waals surface area contributed by atoms with Gasteiger partial charge < -0.3 is 19.9 Å². The average molecular weight is 189 g/mol. The minimum absolute atomic E-state index is 0.0896. The lowest BCUT2D eigenvalue weighted by Gasteiger charge is -2.29. The molecule has 0 aliphatic carbocycles. The van der Waals surface area contributed by atoms with Crippen LogP contribution in [0, 0.1) is 5.41 Å². The van der Waals surface area contributed by atoms with E-state index in [1.807, 2.05) is 6.92 Å². The Balaban J connectivity index is 4.13. The summed E-state index contributed by atoms with van der Waals surface area (Å²) in [4.78, 5) is 11.8. The smallest absolute Gasteiger partial charge is 0.101 e. The molecule has 0 spiro atoms. The van der Waals surface area contributed by atoms with Crippen molar-refractivity contribution in [2.45, 2.75) is 20.8 Å². The van der Waals surface area contributed by atoms with E-state index in [2.05, 4.69) is 0 Å². The first-order valence-electron chi connectivity index (χ1n) is 4.60. The SMILES string of the molecule is CC[NH+](CCO)CC(C)(C)C(=O)[O-]. The van der Waals surface area contributed by atoms with Crippen molar-refractivity contribution in [2.24, 2.45) is 5.41 Å². The molecule has 0 bridgehead atoms. The molecule has 0 rings (SSSR count). The standard InChI is InChI=1S/C9H19NO3/c1-4-10(5-6-11)7-9(2,3)8(12)13/h11H,4-7H2,1-3H3,(H,12,13). The van der Waals surface area contributed by atoms with Gasteiger partial charge in [-0.2, -0.15) is 0 Å². The van der Waals surface area contributed by atoms with E-state index in [4.69, 9.17) is 5.11 Å². The van der Waals surface area contributed by atoms with Gasteiger partial charge in [0.25, 0.3) is 0 Å². The number of hydrogen-bond acceptors (Lipinski definition) is 3. The quantitative estimate of drug-likeness (QED) is 0.492. The van der Waals surface area contributed by atoms with Crippen LogP contribution in [0.4, 0.5) is 0 Å². The number of carboxylic acid groups (broad SMARTS) is 1. The predicted octanol–water partition coefficient (Wildman–Crippen LogP) is -2.34. The maximum absolute atomic E-state index is 10.7. The number of likely N-dealkylation sites (N-methyl/N-ethyl adjacent to an activating group) is 1. The van der Waals surface area contributed by atoms with Crippen LogP contribution in [-0.4, -0.2) is 37.3 Å². The number of carboxylic acids is 1. The average Bonchev–Trinajstić information content (AvgIpc) is 2.03. The molecule has 0 aromatic rings. The maximum atomic E-state index is 10.7. The van der Waals surface area contributed by atoms with E-state index in [1.165, 1.54) is 0 Å². The number of nitrogens with one attached hydrogen (secondary N) is 1. The molecular weight excluding hydrogens is 170 g/mol. The Morgan fingerprint density at radius 1 is 1.54 bits per heavy atom. The number of aliphatic hydroxyl groups is 1. The van der Waals surface area contributed by atoms with Crippen LogP contribution in [0.25, 0.3) is 0 Å². The second-order valence-corrected chi connectivity index (χ2v) is 3.93. The lowest BCUT2D eigenvalue weighted by atomic mass is 9.93. The zero-order valence-electron chi connectivity index (χ0n) is 8.59. The Morgan fingerprint density at radius 3 is 2.38 bits per heavy atom. The summed E-state index contributed by atoms with van der Waals surface area (Å²) in [6.07, 6.45) is 0. The van der Waals surface area contributed by atoms with Crippen molar-refractivity contribution in [2.75, 3.05) is 26.2 Å². The molecule has 78 valence electrons. The monoisotopic (exact) mass is 189 g/mol. The molecule has 0 saturated heterocycles. The molecule has 4 heteroatoms. The Bertz CT molecular complexity index is 168. The van der Waals surface area contributed by atoms with Gasteiger partial charge in [0.05, 0.1) is 31.1 Å². The van der Waals surface area contributed by atoms with Gasteiger partial charge in [-0.1, -0.05) is 0 Å². The molecule has 0 aliphatic heterocycles. The number of carbonyl (C=O) groups is 1. The molecule has 1 atom stereocenters. The number of hydrogen-bond donors (Lipinski definition) is 2. The summed E-state index contributed by atoms with van der Waals surface area (Å²) in [5, 5.41) is 19.4. The van der Waals surface area contributed by atoms with Crippen LogP contribution in [0.3, 0.4) is 0 Å². The van der Waals surface area contributed by atoms with Crippen molar-refractivity contribution in [3.8, 4) is 0 Å². The van der Waals surface area contributed by atoms with Crippen molar-refractivity contribution in [1.82, 2.24) is 0 Å². The fourth-order valence-electron chi connectivity index (χ4n) is 1.25. The Kier molecular flexibility index (Phi) is 4.95. The van der Waals surface area contributed by atoms with E-state index >= 15 is 0 Å². The lowest BCUT2D eigenvalue weighted by Crippen LogP contribution is -3.13. The molecule has 0 saturated carbocycles. The first-order chi connectivity index (χ1) is 5.94. The largest absolute Gasteiger partial charge is 0.549 e.